The average Bonchev–Trinajstić information content (AvgIpc) is 1.27. The fraction of sp³-hybridized carbons (Fsp3) is 0.224. The van der Waals surface area contributed by atoms with E-state index in [-0.39, 0.29) is 73.9 Å². The Kier molecular flexibility index (Phi) is 20.6. The molecule has 0 unspecified atom stereocenters. The van der Waals surface area contributed by atoms with Crippen LogP contribution in [-0.2, 0) is 26.5 Å². The first-order valence-electron chi connectivity index (χ1n) is 51.6. The lowest BCUT2D eigenvalue weighted by molar-refractivity contribution is -0.120. The molecule has 0 saturated heterocycles. The zero-order chi connectivity index (χ0) is 103. The summed E-state index contributed by atoms with van der Waals surface area (Å²) >= 11 is 0. The van der Waals surface area contributed by atoms with E-state index in [4.69, 9.17) is 23.7 Å². The predicted octanol–water partition coefficient (Wildman–Crippen LogP) is 34.7. The SMILES string of the molecule is CC(C)c1cc(OC=O)cc(C(C)C)c1N1C(=O)c2cc(Oc3ccc(C(C)(C)C)cc3)c3c4c(c(Oc5ccc(C(C)(C)C)cc5)cc(c24)C1=O)C1=CC=C2c4cc5cc6c(cc5cc4C4=CC=C3C1C42)C=Cc1cc2cc3c(cc2cc1C=C6)-c1ccc2c4c(Oc5ccc(C(C)(C)C)cc5)cc5c6c(cc(Oc7ccc(C(C)(C)C)cc7)c(c7ccc-3c1c72)c64)C(=O)N(c1c(C(C)C)cc(C(=O)O)cc1C(C)C)C5=O. The van der Waals surface area contributed by atoms with E-state index in [1.54, 1.807) is 24.3 Å². The number of amides is 4. The number of carboxylic acid groups (broad SMARTS) is 1. The third kappa shape index (κ3) is 14.2. The highest BCUT2D eigenvalue weighted by Crippen LogP contribution is 2.67. The number of anilines is 2. The number of ether oxygens (including phenoxy) is 5. The van der Waals surface area contributed by atoms with Gasteiger partial charge in [0.05, 0.1) is 39.2 Å². The molecule has 0 fully saturated rings. The summed E-state index contributed by atoms with van der Waals surface area (Å²) in [6.07, 6.45) is 18.1. The van der Waals surface area contributed by atoms with E-state index in [1.165, 1.54) is 20.9 Å². The molecule has 2 heterocycles. The molecule has 6 aliphatic carbocycles. The van der Waals surface area contributed by atoms with Gasteiger partial charge in [0, 0.05) is 55.3 Å². The summed E-state index contributed by atoms with van der Waals surface area (Å²) in [5.74, 6) is -0.229. The Morgan fingerprint density at radius 1 is 0.297 bits per heavy atom. The van der Waals surface area contributed by atoms with Gasteiger partial charge in [-0.1, -0.05) is 260 Å². The standard InChI is InChI=1S/C134H112N2O12/c1-66(2)96-57-78(130(142)143)58-97(67(3)4)124(96)135-126(138)104-61-108(145-83-33-25-79(26-34-83)131(9,10)11)118-92-45-41-88-100-53-74-49-70-21-23-72-51-76-55-102-90-43-47-94-115-95(48-44-91(113(90)115)103(102)56-77(76)52-73(72)24-22-71(70)50-75(74)54-101(100)89-42-46-93(114(92)112(88)89)119-109(62-105(127(135)139)116(104)122(118)119)146-84-35-27-80(28-36-84)132(12,13)14)121-111(148-86-39-31-82(32-40-86)134(18,19)20)64-107-117-106(63-110(120(94)123(117)121)147-85-37-29-81(30-38-85)133(15,16)17)128(140)136(129(107)141)125-98(68(5)6)59-87(144-65-137)60-99(125)69(7)8/h21-69,113,115H,1-20H3,(H,142,143). The summed E-state index contributed by atoms with van der Waals surface area (Å²) in [5, 5.41) is 22.5. The molecule has 14 heteroatoms. The molecule has 17 aromatic rings. The molecule has 2 aliphatic heterocycles. The van der Waals surface area contributed by atoms with Gasteiger partial charge >= 0.3 is 5.97 Å². The van der Waals surface area contributed by atoms with Crippen molar-refractivity contribution in [3.63, 3.8) is 0 Å². The maximum atomic E-state index is 16.4. The molecule has 0 aromatic heterocycles. The molecule has 0 spiro atoms. The van der Waals surface area contributed by atoms with Crippen molar-refractivity contribution < 1.29 is 57.6 Å². The third-order valence-electron chi connectivity index (χ3n) is 32.1. The fourth-order valence-electron chi connectivity index (χ4n) is 24.6. The Bertz CT molecular complexity index is 8640. The van der Waals surface area contributed by atoms with Crippen LogP contribution in [0.15, 0.2) is 243 Å². The Labute approximate surface area is 860 Å². The number of imide groups is 2. The topological polar surface area (TPSA) is 175 Å². The van der Waals surface area contributed by atoms with Gasteiger partial charge in [0.25, 0.3) is 30.1 Å². The van der Waals surface area contributed by atoms with Gasteiger partial charge < -0.3 is 28.8 Å². The highest BCUT2D eigenvalue weighted by molar-refractivity contribution is 6.46. The van der Waals surface area contributed by atoms with Crippen molar-refractivity contribution in [1.82, 2.24) is 0 Å². The monoisotopic (exact) mass is 1940 g/mol. The van der Waals surface area contributed by atoms with E-state index in [2.05, 4.69) is 253 Å². The number of carbonyl (C=O) groups is 6. The molecule has 25 rings (SSSR count). The van der Waals surface area contributed by atoms with Crippen LogP contribution < -0.4 is 33.5 Å². The number of aromatic carboxylic acids is 1. The number of carboxylic acids is 1. The lowest BCUT2D eigenvalue weighted by atomic mass is 9.62. The van der Waals surface area contributed by atoms with Crippen LogP contribution in [0.3, 0.4) is 0 Å². The van der Waals surface area contributed by atoms with E-state index in [0.717, 1.165) is 154 Å². The summed E-state index contributed by atoms with van der Waals surface area (Å²) in [6.45, 7) is 42.5. The number of benzene rings is 17. The van der Waals surface area contributed by atoms with Crippen molar-refractivity contribution in [2.45, 2.75) is 184 Å². The largest absolute Gasteiger partial charge is 0.478 e. The van der Waals surface area contributed by atoms with Gasteiger partial charge in [0.2, 0.25) is 0 Å². The van der Waals surface area contributed by atoms with E-state index >= 15 is 19.2 Å². The van der Waals surface area contributed by atoms with Gasteiger partial charge in [-0.25, -0.2) is 14.6 Å². The van der Waals surface area contributed by atoms with E-state index in [0.29, 0.717) is 125 Å². The van der Waals surface area contributed by atoms with Crippen LogP contribution in [0.25, 0.3) is 144 Å². The zero-order valence-corrected chi connectivity index (χ0v) is 86.8. The van der Waals surface area contributed by atoms with Crippen LogP contribution in [0.4, 0.5) is 11.4 Å². The maximum Gasteiger partial charge on any atom is 0.335 e. The van der Waals surface area contributed by atoms with Gasteiger partial charge in [-0.05, 0) is 356 Å². The molecule has 730 valence electrons. The van der Waals surface area contributed by atoms with Crippen LogP contribution in [-0.4, -0.2) is 41.2 Å². The quantitative estimate of drug-likeness (QED) is 0.0396. The molecule has 0 radical (unpaired) electrons. The Morgan fingerprint density at radius 3 is 0.905 bits per heavy atom. The molecule has 1 N–H and O–H groups in total. The van der Waals surface area contributed by atoms with Gasteiger partial charge in [-0.2, -0.15) is 0 Å². The molecule has 148 heavy (non-hydrogen) atoms. The third-order valence-corrected chi connectivity index (χ3v) is 32.1. The molecule has 4 amide bonds. The highest BCUT2D eigenvalue weighted by atomic mass is 16.5. The average molecular weight is 1940 g/mol. The second-order valence-electron chi connectivity index (χ2n) is 46.8. The van der Waals surface area contributed by atoms with Crippen molar-refractivity contribution in [1.29, 1.82) is 0 Å². The predicted molar refractivity (Wildman–Crippen MR) is 600 cm³/mol. The summed E-state index contributed by atoms with van der Waals surface area (Å²) in [5.41, 5.74) is 25.4. The summed E-state index contributed by atoms with van der Waals surface area (Å²) in [4.78, 5) is 93.1. The van der Waals surface area contributed by atoms with Crippen LogP contribution in [0.2, 0.25) is 0 Å². The summed E-state index contributed by atoms with van der Waals surface area (Å²) in [6, 6.07) is 74.4. The zero-order valence-electron chi connectivity index (χ0n) is 86.8. The second-order valence-corrected chi connectivity index (χ2v) is 46.8. The highest BCUT2D eigenvalue weighted by Gasteiger charge is 2.52. The minimum atomic E-state index is -1.10. The molecule has 0 saturated carbocycles. The molecule has 8 aliphatic rings. The maximum absolute atomic E-state index is 16.4. The van der Waals surface area contributed by atoms with Gasteiger partial charge in [-0.3, -0.25) is 24.0 Å². The number of allylic oxidation sites excluding steroid dienone is 8. The number of rotatable bonds is 17. The Morgan fingerprint density at radius 2 is 0.588 bits per heavy atom. The Hall–Kier alpha value is -16.3. The van der Waals surface area contributed by atoms with Gasteiger partial charge in [-0.15, -0.1) is 0 Å². The normalized spacial score (nSPS) is 15.8. The van der Waals surface area contributed by atoms with E-state index in [9.17, 15) is 14.7 Å². The minimum absolute atomic E-state index is 0.0750. The fourth-order valence-corrected chi connectivity index (χ4v) is 24.6. The lowest BCUT2D eigenvalue weighted by Gasteiger charge is -2.42. The summed E-state index contributed by atoms with van der Waals surface area (Å²) in [7, 11) is 0. The smallest absolute Gasteiger partial charge is 0.335 e. The van der Waals surface area contributed by atoms with Crippen molar-refractivity contribution in [3.8, 4) is 74.0 Å². The lowest BCUT2D eigenvalue weighted by Crippen LogP contribution is -2.42. The van der Waals surface area contributed by atoms with Crippen molar-refractivity contribution in [2.75, 3.05) is 9.80 Å². The molecular weight excluding hydrogens is 1830 g/mol. The number of hydrogen-bond acceptors (Lipinski definition) is 11. The van der Waals surface area contributed by atoms with Crippen molar-refractivity contribution >= 4 is 169 Å². The van der Waals surface area contributed by atoms with E-state index < -0.39 is 29.6 Å². The van der Waals surface area contributed by atoms with Crippen LogP contribution in [0, 0.1) is 11.8 Å². The molecule has 14 nitrogen and oxygen atoms in total. The first-order valence-corrected chi connectivity index (χ1v) is 51.6. The number of carbonyl (C=O) groups excluding carboxylic acids is 5. The van der Waals surface area contributed by atoms with Gasteiger partial charge in [0.15, 0.2) is 0 Å². The molecule has 17 aromatic carbocycles. The molecular formula is C134H112N2O12. The van der Waals surface area contributed by atoms with Crippen LogP contribution >= 0.6 is 0 Å². The first kappa shape index (κ1) is 92.8. The Balaban J connectivity index is 0.618. The number of nitrogens with zero attached hydrogens (tertiary/aromatic N) is 2. The van der Waals surface area contributed by atoms with Crippen molar-refractivity contribution in [2.24, 2.45) is 11.8 Å². The summed E-state index contributed by atoms with van der Waals surface area (Å²) < 4.78 is 35.0. The van der Waals surface area contributed by atoms with Gasteiger partial charge in [0.1, 0.15) is 51.7 Å². The van der Waals surface area contributed by atoms with Crippen LogP contribution in [0.5, 0.6) is 51.7 Å². The van der Waals surface area contributed by atoms with E-state index in [1.807, 2.05) is 128 Å². The second kappa shape index (κ2) is 32.8. The number of fused-ring (bicyclic) bond motifs is 14. The molecule has 0 bridgehead atoms. The molecule has 0 atom stereocenters. The first-order chi connectivity index (χ1) is 70.6. The van der Waals surface area contributed by atoms with Crippen LogP contribution in [0.1, 0.15) is 303 Å². The minimum Gasteiger partial charge on any atom is -0.478 e. The van der Waals surface area contributed by atoms with Crippen molar-refractivity contribution in [3.05, 3.63) is 360 Å². The number of hydrogen-bond donors (Lipinski definition) is 1.